The molecule has 0 saturated carbocycles. The Labute approximate surface area is 139 Å². The molecular formula is C18H29N3O2. The van der Waals surface area contributed by atoms with Gasteiger partial charge in [0.2, 0.25) is 11.8 Å². The summed E-state index contributed by atoms with van der Waals surface area (Å²) in [6, 6.07) is 7.80. The van der Waals surface area contributed by atoms with Crippen LogP contribution < -0.4 is 10.2 Å². The van der Waals surface area contributed by atoms with Crippen LogP contribution in [0.3, 0.4) is 0 Å². The number of benzene rings is 1. The molecule has 0 bridgehead atoms. The van der Waals surface area contributed by atoms with Crippen LogP contribution in [0.1, 0.15) is 40.5 Å². The Hall–Kier alpha value is -2.04. The maximum Gasteiger partial charge on any atom is 0.243 e. The highest BCUT2D eigenvalue weighted by molar-refractivity contribution is 5.94. The predicted octanol–water partition coefficient (Wildman–Crippen LogP) is 3.12. The van der Waals surface area contributed by atoms with Crippen LogP contribution in [-0.2, 0) is 9.59 Å². The maximum atomic E-state index is 12.1. The summed E-state index contributed by atoms with van der Waals surface area (Å²) in [5.74, 6) is -0.225. The van der Waals surface area contributed by atoms with E-state index in [-0.39, 0.29) is 18.4 Å². The molecule has 0 radical (unpaired) electrons. The first kappa shape index (κ1) is 19.0. The van der Waals surface area contributed by atoms with Crippen molar-refractivity contribution in [1.82, 2.24) is 4.90 Å². The summed E-state index contributed by atoms with van der Waals surface area (Å²) in [7, 11) is 0. The van der Waals surface area contributed by atoms with E-state index in [9.17, 15) is 9.59 Å². The van der Waals surface area contributed by atoms with Crippen LogP contribution in [0.15, 0.2) is 24.3 Å². The number of nitrogens with zero attached hydrogens (tertiary/aromatic N) is 2. The molecule has 1 rings (SSSR count). The average Bonchev–Trinajstić information content (AvgIpc) is 2.54. The summed E-state index contributed by atoms with van der Waals surface area (Å²) in [6.45, 7) is 10.4. The van der Waals surface area contributed by atoms with Gasteiger partial charge >= 0.3 is 0 Å². The second-order valence-electron chi connectivity index (χ2n) is 5.56. The molecule has 0 atom stereocenters. The van der Waals surface area contributed by atoms with Crippen LogP contribution >= 0.6 is 0 Å². The van der Waals surface area contributed by atoms with Gasteiger partial charge < -0.3 is 15.1 Å². The summed E-state index contributed by atoms with van der Waals surface area (Å²) in [5.41, 5.74) is 1.89. The number of hydrogen-bond acceptors (Lipinski definition) is 3. The van der Waals surface area contributed by atoms with Gasteiger partial charge in [0.15, 0.2) is 0 Å². The Morgan fingerprint density at radius 2 is 1.65 bits per heavy atom. The van der Waals surface area contributed by atoms with Gasteiger partial charge in [-0.1, -0.05) is 13.3 Å². The minimum absolute atomic E-state index is 0.0644. The van der Waals surface area contributed by atoms with Crippen LogP contribution in [0.4, 0.5) is 11.4 Å². The van der Waals surface area contributed by atoms with E-state index in [1.165, 1.54) is 6.92 Å². The van der Waals surface area contributed by atoms with Crippen LogP contribution in [0, 0.1) is 0 Å². The molecule has 0 aromatic heterocycles. The molecule has 0 saturated heterocycles. The average molecular weight is 319 g/mol. The van der Waals surface area contributed by atoms with E-state index in [2.05, 4.69) is 31.0 Å². The molecule has 0 fully saturated rings. The molecule has 0 spiro atoms. The van der Waals surface area contributed by atoms with Crippen LogP contribution in [0.25, 0.3) is 0 Å². The lowest BCUT2D eigenvalue weighted by atomic mass is 10.2. The van der Waals surface area contributed by atoms with Gasteiger partial charge in [-0.05, 0) is 44.5 Å². The molecule has 1 aromatic carbocycles. The van der Waals surface area contributed by atoms with Crippen molar-refractivity contribution in [2.24, 2.45) is 0 Å². The van der Waals surface area contributed by atoms with E-state index < -0.39 is 0 Å². The number of anilines is 2. The lowest BCUT2D eigenvalue weighted by Gasteiger charge is -2.22. The minimum atomic E-state index is -0.160. The van der Waals surface area contributed by atoms with Crippen molar-refractivity contribution in [3.8, 4) is 0 Å². The number of amides is 2. The summed E-state index contributed by atoms with van der Waals surface area (Å²) >= 11 is 0. The third-order valence-electron chi connectivity index (χ3n) is 3.84. The van der Waals surface area contributed by atoms with E-state index in [0.29, 0.717) is 6.54 Å². The van der Waals surface area contributed by atoms with Gasteiger partial charge in [0.05, 0.1) is 6.54 Å². The molecule has 0 aliphatic carbocycles. The second-order valence-corrected chi connectivity index (χ2v) is 5.56. The molecule has 128 valence electrons. The highest BCUT2D eigenvalue weighted by Gasteiger charge is 2.13. The van der Waals surface area contributed by atoms with E-state index in [4.69, 9.17) is 0 Å². The van der Waals surface area contributed by atoms with Gasteiger partial charge in [0.1, 0.15) is 0 Å². The summed E-state index contributed by atoms with van der Waals surface area (Å²) < 4.78 is 0. The SMILES string of the molecule is CCCCN(CC(=O)Nc1ccc(N(CC)CC)cc1)C(C)=O. The first-order chi connectivity index (χ1) is 11.0. The monoisotopic (exact) mass is 319 g/mol. The van der Waals surface area contributed by atoms with Gasteiger partial charge in [-0.3, -0.25) is 9.59 Å². The zero-order chi connectivity index (χ0) is 17.2. The number of carbonyl (C=O) groups is 2. The number of unbranched alkanes of at least 4 members (excludes halogenated alkanes) is 1. The van der Waals surface area contributed by atoms with Crippen molar-refractivity contribution in [3.05, 3.63) is 24.3 Å². The zero-order valence-electron chi connectivity index (χ0n) is 14.8. The normalized spacial score (nSPS) is 10.3. The van der Waals surface area contributed by atoms with Crippen LogP contribution in [0.5, 0.6) is 0 Å². The van der Waals surface area contributed by atoms with Gasteiger partial charge in [0, 0.05) is 37.9 Å². The standard InChI is InChI=1S/C18H29N3O2/c1-5-8-13-21(15(4)22)14-18(23)19-16-9-11-17(12-10-16)20(6-2)7-3/h9-12H,5-8,13-14H2,1-4H3,(H,19,23). The molecule has 2 amide bonds. The van der Waals surface area contributed by atoms with Gasteiger partial charge in [-0.25, -0.2) is 0 Å². The molecule has 5 heteroatoms. The Morgan fingerprint density at radius 3 is 2.13 bits per heavy atom. The smallest absolute Gasteiger partial charge is 0.243 e. The summed E-state index contributed by atoms with van der Waals surface area (Å²) in [4.78, 5) is 27.5. The quantitative estimate of drug-likeness (QED) is 0.761. The van der Waals surface area contributed by atoms with Crippen molar-refractivity contribution >= 4 is 23.2 Å². The molecule has 1 aromatic rings. The molecule has 0 heterocycles. The van der Waals surface area contributed by atoms with Crippen molar-refractivity contribution < 1.29 is 9.59 Å². The topological polar surface area (TPSA) is 52.7 Å². The fourth-order valence-corrected chi connectivity index (χ4v) is 2.42. The Balaban J connectivity index is 2.61. The van der Waals surface area contributed by atoms with E-state index in [1.807, 2.05) is 24.3 Å². The first-order valence-corrected chi connectivity index (χ1v) is 8.42. The van der Waals surface area contributed by atoms with Crippen molar-refractivity contribution in [3.63, 3.8) is 0 Å². The van der Waals surface area contributed by atoms with Crippen molar-refractivity contribution in [1.29, 1.82) is 0 Å². The third kappa shape index (κ3) is 6.30. The Kier molecular flexibility index (Phi) is 8.16. The highest BCUT2D eigenvalue weighted by atomic mass is 16.2. The van der Waals surface area contributed by atoms with Gasteiger partial charge in [-0.2, -0.15) is 0 Å². The van der Waals surface area contributed by atoms with Crippen molar-refractivity contribution in [2.45, 2.75) is 40.5 Å². The number of carbonyl (C=O) groups excluding carboxylic acids is 2. The third-order valence-corrected chi connectivity index (χ3v) is 3.84. The first-order valence-electron chi connectivity index (χ1n) is 8.42. The lowest BCUT2D eigenvalue weighted by Crippen LogP contribution is -2.37. The van der Waals surface area contributed by atoms with Crippen LogP contribution in [-0.4, -0.2) is 42.9 Å². The lowest BCUT2D eigenvalue weighted by molar-refractivity contribution is -0.132. The molecule has 0 unspecified atom stereocenters. The van der Waals surface area contributed by atoms with Crippen LogP contribution in [0.2, 0.25) is 0 Å². The summed E-state index contributed by atoms with van der Waals surface area (Å²) in [5, 5.41) is 2.85. The number of nitrogens with one attached hydrogen (secondary N) is 1. The molecule has 5 nitrogen and oxygen atoms in total. The fraction of sp³-hybridized carbons (Fsp3) is 0.556. The maximum absolute atomic E-state index is 12.1. The minimum Gasteiger partial charge on any atom is -0.372 e. The van der Waals surface area contributed by atoms with Crippen molar-refractivity contribution in [2.75, 3.05) is 36.4 Å². The molecule has 1 N–H and O–H groups in total. The predicted molar refractivity (Wildman–Crippen MR) is 95.8 cm³/mol. The van der Waals surface area contributed by atoms with Gasteiger partial charge in [-0.15, -0.1) is 0 Å². The zero-order valence-corrected chi connectivity index (χ0v) is 14.8. The summed E-state index contributed by atoms with van der Waals surface area (Å²) in [6.07, 6.45) is 1.91. The Morgan fingerprint density at radius 1 is 1.04 bits per heavy atom. The number of rotatable bonds is 9. The second kappa shape index (κ2) is 9.87. The van der Waals surface area contributed by atoms with E-state index >= 15 is 0 Å². The van der Waals surface area contributed by atoms with E-state index in [1.54, 1.807) is 4.90 Å². The molecule has 0 aliphatic rings. The molecule has 23 heavy (non-hydrogen) atoms. The fourth-order valence-electron chi connectivity index (χ4n) is 2.42. The van der Waals surface area contributed by atoms with E-state index in [0.717, 1.165) is 37.3 Å². The molecule has 0 aliphatic heterocycles. The largest absolute Gasteiger partial charge is 0.372 e. The molecular weight excluding hydrogens is 290 g/mol. The number of hydrogen-bond donors (Lipinski definition) is 1. The highest BCUT2D eigenvalue weighted by Crippen LogP contribution is 2.17. The van der Waals surface area contributed by atoms with Gasteiger partial charge in [0.25, 0.3) is 0 Å². The Bertz CT molecular complexity index is 495.